The molecule has 0 spiro atoms. The van der Waals surface area contributed by atoms with Gasteiger partial charge in [0, 0.05) is 25.6 Å². The smallest absolute Gasteiger partial charge is 0.187 e. The van der Waals surface area contributed by atoms with Crippen molar-refractivity contribution in [3.63, 3.8) is 0 Å². The largest absolute Gasteiger partial charge is 0.332 e. The van der Waals surface area contributed by atoms with Crippen LogP contribution >= 0.6 is 43.2 Å². The molecule has 0 radical (unpaired) electrons. The third-order valence-corrected chi connectivity index (χ3v) is 4.50. The molecular weight excluding hydrogens is 400 g/mol. The van der Waals surface area contributed by atoms with Crippen molar-refractivity contribution in [2.24, 2.45) is 0 Å². The van der Waals surface area contributed by atoms with E-state index in [0.717, 1.165) is 31.0 Å². The van der Waals surface area contributed by atoms with Crippen molar-refractivity contribution >= 4 is 54.0 Å². The number of anilines is 2. The highest BCUT2D eigenvalue weighted by molar-refractivity contribution is 9.10. The Kier molecular flexibility index (Phi) is 4.19. The Morgan fingerprint density at radius 3 is 2.50 bits per heavy atom. The van der Waals surface area contributed by atoms with Gasteiger partial charge in [0.15, 0.2) is 5.13 Å². The number of hydrogen-bond acceptors (Lipinski definition) is 3. The molecule has 1 heterocycles. The quantitative estimate of drug-likeness (QED) is 0.566. The Balaban J connectivity index is 1.82. The van der Waals surface area contributed by atoms with Crippen molar-refractivity contribution in [3.05, 3.63) is 62.9 Å². The van der Waals surface area contributed by atoms with E-state index in [0.29, 0.717) is 0 Å². The van der Waals surface area contributed by atoms with Crippen molar-refractivity contribution in [1.29, 1.82) is 0 Å². The highest BCUT2D eigenvalue weighted by atomic mass is 79.9. The van der Waals surface area contributed by atoms with Crippen LogP contribution in [0.15, 0.2) is 62.9 Å². The maximum absolute atomic E-state index is 4.61. The highest BCUT2D eigenvalue weighted by Crippen LogP contribution is 2.28. The van der Waals surface area contributed by atoms with Gasteiger partial charge in [-0.15, -0.1) is 11.3 Å². The molecule has 5 heteroatoms. The van der Waals surface area contributed by atoms with E-state index in [1.807, 2.05) is 36.4 Å². The van der Waals surface area contributed by atoms with E-state index in [1.165, 1.54) is 0 Å². The minimum atomic E-state index is 0.891. The van der Waals surface area contributed by atoms with Gasteiger partial charge in [0.25, 0.3) is 0 Å². The van der Waals surface area contributed by atoms with Gasteiger partial charge in [-0.2, -0.15) is 0 Å². The Hall–Kier alpha value is -1.17. The molecule has 0 amide bonds. The summed E-state index contributed by atoms with van der Waals surface area (Å²) >= 11 is 8.51. The number of aromatic nitrogens is 1. The topological polar surface area (TPSA) is 24.9 Å². The second-order valence-corrected chi connectivity index (χ2v) is 6.87. The summed E-state index contributed by atoms with van der Waals surface area (Å²) < 4.78 is 2.13. The molecule has 2 aromatic carbocycles. The summed E-state index contributed by atoms with van der Waals surface area (Å²) in [4.78, 5) is 4.61. The number of nitrogens with one attached hydrogen (secondary N) is 1. The van der Waals surface area contributed by atoms with Crippen LogP contribution in [-0.4, -0.2) is 4.98 Å². The van der Waals surface area contributed by atoms with Crippen LogP contribution in [0.25, 0.3) is 11.3 Å². The summed E-state index contributed by atoms with van der Waals surface area (Å²) in [5.41, 5.74) is 3.12. The number of hydrogen-bond donors (Lipinski definition) is 1. The van der Waals surface area contributed by atoms with Crippen LogP contribution in [0, 0.1) is 0 Å². The molecule has 100 valence electrons. The minimum Gasteiger partial charge on any atom is -0.332 e. The Bertz CT molecular complexity index is 723. The molecule has 3 aromatic rings. The summed E-state index contributed by atoms with van der Waals surface area (Å²) in [6, 6.07) is 16.2. The van der Waals surface area contributed by atoms with E-state index in [2.05, 4.69) is 59.7 Å². The predicted molar refractivity (Wildman–Crippen MR) is 92.7 cm³/mol. The van der Waals surface area contributed by atoms with Crippen molar-refractivity contribution in [2.45, 2.75) is 0 Å². The van der Waals surface area contributed by atoms with Crippen LogP contribution < -0.4 is 5.32 Å². The lowest BCUT2D eigenvalue weighted by molar-refractivity contribution is 1.38. The second kappa shape index (κ2) is 6.08. The molecule has 0 unspecified atom stereocenters. The average molecular weight is 410 g/mol. The van der Waals surface area contributed by atoms with Gasteiger partial charge in [-0.1, -0.05) is 44.0 Å². The van der Waals surface area contributed by atoms with E-state index in [4.69, 9.17) is 0 Å². The third kappa shape index (κ3) is 3.29. The fraction of sp³-hybridized carbons (Fsp3) is 0. The molecule has 20 heavy (non-hydrogen) atoms. The zero-order valence-electron chi connectivity index (χ0n) is 10.3. The maximum Gasteiger partial charge on any atom is 0.187 e. The zero-order chi connectivity index (χ0) is 13.9. The molecule has 1 N–H and O–H groups in total. The fourth-order valence-electron chi connectivity index (χ4n) is 1.77. The van der Waals surface area contributed by atoms with E-state index in [9.17, 15) is 0 Å². The van der Waals surface area contributed by atoms with E-state index in [1.54, 1.807) is 11.3 Å². The predicted octanol–water partition coefficient (Wildman–Crippen LogP) is 6.08. The first-order chi connectivity index (χ1) is 9.70. The van der Waals surface area contributed by atoms with Gasteiger partial charge in [0.05, 0.1) is 5.69 Å². The monoisotopic (exact) mass is 408 g/mol. The lowest BCUT2D eigenvalue weighted by Gasteiger charge is -2.02. The Morgan fingerprint density at radius 1 is 0.950 bits per heavy atom. The van der Waals surface area contributed by atoms with Crippen LogP contribution in [0.4, 0.5) is 10.8 Å². The molecule has 2 nitrogen and oxygen atoms in total. The molecule has 3 rings (SSSR count). The van der Waals surface area contributed by atoms with Crippen molar-refractivity contribution in [2.75, 3.05) is 5.32 Å². The standard InChI is InChI=1S/C15H10Br2N2S/c16-11-4-6-13(7-5-11)18-15-19-14(9-20-15)10-2-1-3-12(17)8-10/h1-9H,(H,18,19). The van der Waals surface area contributed by atoms with Crippen LogP contribution in [0.3, 0.4) is 0 Å². The maximum atomic E-state index is 4.61. The molecule has 1 aromatic heterocycles. The summed E-state index contributed by atoms with van der Waals surface area (Å²) in [7, 11) is 0. The first-order valence-electron chi connectivity index (χ1n) is 5.95. The number of benzene rings is 2. The van der Waals surface area contributed by atoms with Gasteiger partial charge in [-0.3, -0.25) is 0 Å². The Labute approximate surface area is 138 Å². The average Bonchev–Trinajstić information content (AvgIpc) is 2.90. The van der Waals surface area contributed by atoms with Crippen molar-refractivity contribution in [3.8, 4) is 11.3 Å². The molecule has 0 atom stereocenters. The van der Waals surface area contributed by atoms with Crippen LogP contribution in [0.1, 0.15) is 0 Å². The second-order valence-electron chi connectivity index (χ2n) is 4.18. The molecule has 0 aliphatic heterocycles. The van der Waals surface area contributed by atoms with Crippen molar-refractivity contribution in [1.82, 2.24) is 4.98 Å². The number of thiazole rings is 1. The van der Waals surface area contributed by atoms with Gasteiger partial charge in [-0.05, 0) is 36.4 Å². The normalized spacial score (nSPS) is 10.5. The lowest BCUT2D eigenvalue weighted by atomic mass is 10.2. The van der Waals surface area contributed by atoms with Crippen LogP contribution in [-0.2, 0) is 0 Å². The minimum absolute atomic E-state index is 0.891. The van der Waals surface area contributed by atoms with Gasteiger partial charge >= 0.3 is 0 Å². The summed E-state index contributed by atoms with van der Waals surface area (Å²) in [6.07, 6.45) is 0. The van der Waals surface area contributed by atoms with Gasteiger partial charge in [-0.25, -0.2) is 4.98 Å². The molecule has 0 saturated heterocycles. The van der Waals surface area contributed by atoms with Gasteiger partial charge in [0.2, 0.25) is 0 Å². The first kappa shape index (κ1) is 13.8. The molecule has 0 saturated carbocycles. The molecule has 0 aliphatic carbocycles. The highest BCUT2D eigenvalue weighted by Gasteiger charge is 2.05. The zero-order valence-corrected chi connectivity index (χ0v) is 14.3. The Morgan fingerprint density at radius 2 is 1.75 bits per heavy atom. The summed E-state index contributed by atoms with van der Waals surface area (Å²) in [5.74, 6) is 0. The van der Waals surface area contributed by atoms with Gasteiger partial charge in [0.1, 0.15) is 0 Å². The van der Waals surface area contributed by atoms with E-state index < -0.39 is 0 Å². The third-order valence-electron chi connectivity index (χ3n) is 2.72. The number of halogens is 2. The lowest BCUT2D eigenvalue weighted by Crippen LogP contribution is -1.89. The van der Waals surface area contributed by atoms with Gasteiger partial charge < -0.3 is 5.32 Å². The molecular formula is C15H10Br2N2S. The summed E-state index contributed by atoms with van der Waals surface area (Å²) in [5, 5.41) is 6.26. The SMILES string of the molecule is Brc1ccc(Nc2nc(-c3cccc(Br)c3)cs2)cc1. The molecule has 0 fully saturated rings. The van der Waals surface area contributed by atoms with Crippen molar-refractivity contribution < 1.29 is 0 Å². The molecule has 0 aliphatic rings. The number of nitrogens with zero attached hydrogens (tertiary/aromatic N) is 1. The molecule has 0 bridgehead atoms. The summed E-state index contributed by atoms with van der Waals surface area (Å²) in [6.45, 7) is 0. The van der Waals surface area contributed by atoms with Crippen LogP contribution in [0.5, 0.6) is 0 Å². The van der Waals surface area contributed by atoms with Crippen LogP contribution in [0.2, 0.25) is 0 Å². The fourth-order valence-corrected chi connectivity index (χ4v) is 3.17. The van der Waals surface area contributed by atoms with E-state index in [-0.39, 0.29) is 0 Å². The number of rotatable bonds is 3. The first-order valence-corrected chi connectivity index (χ1v) is 8.41. The van der Waals surface area contributed by atoms with E-state index >= 15 is 0 Å².